The molecule has 1 aromatic carbocycles. The zero-order valence-electron chi connectivity index (χ0n) is 26.1. The average molecular weight is 601 g/mol. The SMILES string of the molecule is CCOc1ccc(NC(=O)[C@H]2[C@H]3C(=O)N([C@@H](CO)[C@@H](C)CC)C(C(=O)NCCN4CCOCC4)C34CC(C)[C@]2(C)O4)cc1. The fourth-order valence-electron chi connectivity index (χ4n) is 7.83. The van der Waals surface area contributed by atoms with E-state index in [1.165, 1.54) is 0 Å². The summed E-state index contributed by atoms with van der Waals surface area (Å²) in [7, 11) is 0. The van der Waals surface area contributed by atoms with E-state index in [4.69, 9.17) is 14.2 Å². The lowest BCUT2D eigenvalue weighted by Crippen LogP contribution is -2.59. The molecule has 4 aliphatic rings. The fraction of sp³-hybridized carbons (Fsp3) is 0.719. The fourth-order valence-corrected chi connectivity index (χ4v) is 7.83. The summed E-state index contributed by atoms with van der Waals surface area (Å²) in [5.41, 5.74) is -1.51. The van der Waals surface area contributed by atoms with Crippen molar-refractivity contribution in [1.82, 2.24) is 15.1 Å². The number of carbonyl (C=O) groups excluding carboxylic acids is 3. The number of aliphatic hydroxyl groups excluding tert-OH is 1. The van der Waals surface area contributed by atoms with Gasteiger partial charge in [0.05, 0.1) is 49.9 Å². The number of ether oxygens (including phenoxy) is 3. The summed E-state index contributed by atoms with van der Waals surface area (Å²) in [6, 6.07) is 5.61. The Morgan fingerprint density at radius 3 is 2.49 bits per heavy atom. The van der Waals surface area contributed by atoms with E-state index in [-0.39, 0.29) is 36.2 Å². The molecule has 4 fully saturated rings. The maximum absolute atomic E-state index is 14.5. The molecule has 4 aliphatic heterocycles. The maximum atomic E-state index is 14.5. The number of carbonyl (C=O) groups is 3. The Bertz CT molecular complexity index is 1170. The van der Waals surface area contributed by atoms with E-state index >= 15 is 0 Å². The summed E-state index contributed by atoms with van der Waals surface area (Å²) >= 11 is 0. The first-order chi connectivity index (χ1) is 20.6. The molecule has 43 heavy (non-hydrogen) atoms. The molecule has 0 saturated carbocycles. The molecule has 11 heteroatoms. The third-order valence-electron chi connectivity index (χ3n) is 10.4. The molecule has 11 nitrogen and oxygen atoms in total. The number of rotatable bonds is 12. The number of amides is 3. The molecular formula is C32H48N4O7. The first kappa shape index (κ1) is 31.7. The number of likely N-dealkylation sites (tertiary alicyclic amines) is 1. The highest BCUT2D eigenvalue weighted by Gasteiger charge is 2.80. The lowest BCUT2D eigenvalue weighted by atomic mass is 9.62. The predicted octanol–water partition coefficient (Wildman–Crippen LogP) is 1.89. The second kappa shape index (κ2) is 12.7. The molecule has 4 heterocycles. The standard InChI is InChI=1S/C32H48N4O7/c1-6-20(3)24(19-37)36-27(29(39)33-12-13-35-14-16-41-17-15-35)32-18-21(4)31(5,43-32)25(26(32)30(36)40)28(38)34-22-8-10-23(11-9-22)42-7-2/h8-11,20-21,24-27,37H,6-7,12-19H2,1-5H3,(H,33,39)(H,34,38)/t20-,21?,24-,25+,26-,27?,31-,32?/m0/s1. The number of nitrogens with one attached hydrogen (secondary N) is 2. The van der Waals surface area contributed by atoms with Crippen LogP contribution in [0.4, 0.5) is 5.69 Å². The van der Waals surface area contributed by atoms with Crippen LogP contribution in [0, 0.1) is 23.7 Å². The first-order valence-corrected chi connectivity index (χ1v) is 15.9. The summed E-state index contributed by atoms with van der Waals surface area (Å²) in [6.45, 7) is 14.1. The summed E-state index contributed by atoms with van der Waals surface area (Å²) < 4.78 is 17.8. The highest BCUT2D eigenvalue weighted by molar-refractivity contribution is 6.02. The van der Waals surface area contributed by atoms with Gasteiger partial charge in [0.15, 0.2) is 0 Å². The highest BCUT2D eigenvalue weighted by Crippen LogP contribution is 2.65. The van der Waals surface area contributed by atoms with Gasteiger partial charge in [-0.25, -0.2) is 0 Å². The zero-order chi connectivity index (χ0) is 30.9. The topological polar surface area (TPSA) is 130 Å². The van der Waals surface area contributed by atoms with Gasteiger partial charge < -0.3 is 34.9 Å². The molecule has 8 atom stereocenters. The molecule has 238 valence electrons. The van der Waals surface area contributed by atoms with Crippen LogP contribution in [0.25, 0.3) is 0 Å². The monoisotopic (exact) mass is 600 g/mol. The number of hydrogen-bond donors (Lipinski definition) is 3. The number of fused-ring (bicyclic) bond motifs is 1. The van der Waals surface area contributed by atoms with E-state index in [1.54, 1.807) is 29.2 Å². The molecule has 0 radical (unpaired) electrons. The van der Waals surface area contributed by atoms with Crippen molar-refractivity contribution in [3.63, 3.8) is 0 Å². The van der Waals surface area contributed by atoms with Gasteiger partial charge in [-0.15, -0.1) is 0 Å². The van der Waals surface area contributed by atoms with Crippen LogP contribution in [0.5, 0.6) is 5.75 Å². The molecule has 2 bridgehead atoms. The van der Waals surface area contributed by atoms with Gasteiger partial charge in [-0.3, -0.25) is 19.3 Å². The Kier molecular flexibility index (Phi) is 9.37. The minimum absolute atomic E-state index is 0.0610. The molecule has 3 amide bonds. The van der Waals surface area contributed by atoms with Crippen LogP contribution in [0.3, 0.4) is 0 Å². The molecular weight excluding hydrogens is 552 g/mol. The summed E-state index contributed by atoms with van der Waals surface area (Å²) in [5, 5.41) is 16.6. The number of hydrogen-bond acceptors (Lipinski definition) is 8. The van der Waals surface area contributed by atoms with Gasteiger partial charge in [-0.2, -0.15) is 0 Å². The van der Waals surface area contributed by atoms with E-state index < -0.39 is 35.1 Å². The minimum Gasteiger partial charge on any atom is -0.494 e. The zero-order valence-corrected chi connectivity index (χ0v) is 26.1. The number of benzene rings is 1. The largest absolute Gasteiger partial charge is 0.494 e. The highest BCUT2D eigenvalue weighted by atomic mass is 16.5. The Balaban J connectivity index is 1.45. The number of nitrogens with zero attached hydrogens (tertiary/aromatic N) is 2. The van der Waals surface area contributed by atoms with Crippen molar-refractivity contribution in [2.75, 3.05) is 57.9 Å². The minimum atomic E-state index is -1.17. The molecule has 0 aliphatic carbocycles. The van der Waals surface area contributed by atoms with E-state index in [1.807, 2.05) is 34.6 Å². The summed E-state index contributed by atoms with van der Waals surface area (Å²) in [6.07, 6.45) is 1.19. The van der Waals surface area contributed by atoms with Crippen LogP contribution in [0.1, 0.15) is 47.5 Å². The molecule has 0 aromatic heterocycles. The molecule has 5 rings (SSSR count). The van der Waals surface area contributed by atoms with Crippen molar-refractivity contribution in [2.45, 2.75) is 70.7 Å². The molecule has 4 saturated heterocycles. The van der Waals surface area contributed by atoms with E-state index in [2.05, 4.69) is 15.5 Å². The number of aliphatic hydroxyl groups is 1. The molecule has 3 unspecified atom stereocenters. The Labute approximate surface area is 254 Å². The van der Waals surface area contributed by atoms with E-state index in [0.29, 0.717) is 57.2 Å². The van der Waals surface area contributed by atoms with Crippen molar-refractivity contribution < 1.29 is 33.7 Å². The van der Waals surface area contributed by atoms with Crippen LogP contribution < -0.4 is 15.4 Å². The van der Waals surface area contributed by atoms with Gasteiger partial charge in [0.25, 0.3) is 0 Å². The van der Waals surface area contributed by atoms with Crippen LogP contribution in [-0.4, -0.2) is 109 Å². The average Bonchev–Trinajstić information content (AvgIpc) is 3.51. The Hall–Kier alpha value is -2.73. The van der Waals surface area contributed by atoms with Crippen LogP contribution in [0.2, 0.25) is 0 Å². The van der Waals surface area contributed by atoms with Crippen molar-refractivity contribution in [3.8, 4) is 5.75 Å². The van der Waals surface area contributed by atoms with Crippen molar-refractivity contribution in [1.29, 1.82) is 0 Å². The van der Waals surface area contributed by atoms with Crippen LogP contribution >= 0.6 is 0 Å². The first-order valence-electron chi connectivity index (χ1n) is 15.9. The van der Waals surface area contributed by atoms with E-state index in [9.17, 15) is 19.5 Å². The van der Waals surface area contributed by atoms with Gasteiger partial charge in [-0.05, 0) is 56.4 Å². The van der Waals surface area contributed by atoms with Crippen molar-refractivity contribution in [2.24, 2.45) is 23.7 Å². The quantitative estimate of drug-likeness (QED) is 0.332. The number of anilines is 1. The van der Waals surface area contributed by atoms with Crippen molar-refractivity contribution >= 4 is 23.4 Å². The van der Waals surface area contributed by atoms with Crippen molar-refractivity contribution in [3.05, 3.63) is 24.3 Å². The summed E-state index contributed by atoms with van der Waals surface area (Å²) in [4.78, 5) is 46.5. The third kappa shape index (κ3) is 5.54. The second-order valence-corrected chi connectivity index (χ2v) is 12.8. The van der Waals surface area contributed by atoms with Crippen LogP contribution in [0.15, 0.2) is 24.3 Å². The van der Waals surface area contributed by atoms with Crippen LogP contribution in [-0.2, 0) is 23.9 Å². The third-order valence-corrected chi connectivity index (χ3v) is 10.4. The number of morpholine rings is 1. The second-order valence-electron chi connectivity index (χ2n) is 12.8. The summed E-state index contributed by atoms with van der Waals surface area (Å²) in [5.74, 6) is -1.99. The van der Waals surface area contributed by atoms with Gasteiger partial charge in [-0.1, -0.05) is 27.2 Å². The van der Waals surface area contributed by atoms with Gasteiger partial charge in [0.1, 0.15) is 17.4 Å². The maximum Gasteiger partial charge on any atom is 0.245 e. The van der Waals surface area contributed by atoms with Gasteiger partial charge in [0.2, 0.25) is 17.7 Å². The molecule has 3 N–H and O–H groups in total. The van der Waals surface area contributed by atoms with E-state index in [0.717, 1.165) is 13.1 Å². The predicted molar refractivity (Wildman–Crippen MR) is 160 cm³/mol. The van der Waals surface area contributed by atoms with Gasteiger partial charge >= 0.3 is 0 Å². The molecule has 1 aromatic rings. The molecule has 1 spiro atoms. The lowest BCUT2D eigenvalue weighted by Gasteiger charge is -2.39. The van der Waals surface area contributed by atoms with Gasteiger partial charge in [0, 0.05) is 31.9 Å². The smallest absolute Gasteiger partial charge is 0.245 e. The normalized spacial score (nSPS) is 33.3. The Morgan fingerprint density at radius 1 is 1.16 bits per heavy atom. The Morgan fingerprint density at radius 2 is 1.86 bits per heavy atom. The lowest BCUT2D eigenvalue weighted by molar-refractivity contribution is -0.151.